The minimum Gasteiger partial charge on any atom is -0.469 e. The maximum absolute atomic E-state index is 12.1. The summed E-state index contributed by atoms with van der Waals surface area (Å²) in [4.78, 5) is 34.8. The molecule has 163 valence electrons. The third kappa shape index (κ3) is 9.03. The Kier molecular flexibility index (Phi) is 13.5. The molecule has 0 saturated heterocycles. The van der Waals surface area contributed by atoms with Gasteiger partial charge in [-0.3, -0.25) is 4.79 Å². The van der Waals surface area contributed by atoms with Crippen molar-refractivity contribution < 1.29 is 73.0 Å². The van der Waals surface area contributed by atoms with Gasteiger partial charge in [-0.2, -0.15) is 0 Å². The number of hydrogen-bond donors (Lipinski definition) is 2. The van der Waals surface area contributed by atoms with Crippen molar-refractivity contribution in [2.24, 2.45) is 11.8 Å². The summed E-state index contributed by atoms with van der Waals surface area (Å²) < 4.78 is 9.83. The van der Waals surface area contributed by atoms with Crippen molar-refractivity contribution in [2.45, 2.75) is 63.7 Å². The summed E-state index contributed by atoms with van der Waals surface area (Å²) in [5.74, 6) is -0.804. The van der Waals surface area contributed by atoms with Gasteiger partial charge >= 0.3 is 12.1 Å². The Hall–Kier alpha value is -0.968. The summed E-state index contributed by atoms with van der Waals surface area (Å²) in [5.41, 5.74) is 0.881. The molecular weight excluding hydrogens is 601 g/mol. The number of rotatable bonds is 11. The molecule has 0 unspecified atom stereocenters. The van der Waals surface area contributed by atoms with E-state index >= 15 is 0 Å². The molecule has 0 aromatic heterocycles. The van der Waals surface area contributed by atoms with Gasteiger partial charge in [0.05, 0.1) is 13.2 Å². The van der Waals surface area contributed by atoms with Gasteiger partial charge in [0.2, 0.25) is 0 Å². The van der Waals surface area contributed by atoms with E-state index in [1.54, 1.807) is 0 Å². The van der Waals surface area contributed by atoms with Gasteiger partial charge in [0, 0.05) is 62.4 Å². The van der Waals surface area contributed by atoms with Crippen molar-refractivity contribution in [1.29, 1.82) is 0 Å². The van der Waals surface area contributed by atoms with Crippen molar-refractivity contribution in [1.82, 2.24) is 5.32 Å². The van der Waals surface area contributed by atoms with Gasteiger partial charge in [-0.15, -0.1) is 0 Å². The molecule has 1 aromatic rings. The number of hydrogen-bond acceptors (Lipinski definition) is 6. The predicted octanol–water partition coefficient (Wildman–Crippen LogP) is 2.99. The predicted molar refractivity (Wildman–Crippen MR) is 107 cm³/mol. The Morgan fingerprint density at radius 2 is 1.87 bits per heavy atom. The van der Waals surface area contributed by atoms with Crippen LogP contribution in [0, 0.1) is 55.9 Å². The fourth-order valence-corrected chi connectivity index (χ4v) is 3.90. The van der Waals surface area contributed by atoms with E-state index in [0.717, 1.165) is 37.5 Å². The van der Waals surface area contributed by atoms with Crippen LogP contribution in [-0.4, -0.2) is 42.7 Å². The van der Waals surface area contributed by atoms with Crippen LogP contribution >= 0.6 is 0 Å². The number of nitrogens with one attached hydrogen (secondary N) is 1. The van der Waals surface area contributed by atoms with Gasteiger partial charge in [0.15, 0.2) is 0 Å². The second-order valence-corrected chi connectivity index (χ2v) is 7.52. The molecular formula is C22H31AcNO6. The smallest absolute Gasteiger partial charge is 0.407 e. The number of carbonyl (C=O) groups excluding carboxylic acids is 3. The van der Waals surface area contributed by atoms with Crippen LogP contribution in [0.2, 0.25) is 0 Å². The zero-order chi connectivity index (χ0) is 21.1. The molecule has 1 radical (unpaired) electrons. The van der Waals surface area contributed by atoms with Crippen molar-refractivity contribution in [3.8, 4) is 0 Å². The molecule has 7 nitrogen and oxygen atoms in total. The number of esters is 1. The average Bonchev–Trinajstić information content (AvgIpc) is 3.03. The maximum Gasteiger partial charge on any atom is 0.407 e. The maximum atomic E-state index is 12.1. The van der Waals surface area contributed by atoms with Crippen LogP contribution in [-0.2, 0) is 25.7 Å². The number of benzene rings is 1. The second kappa shape index (κ2) is 14.9. The number of carbonyl (C=O) groups is 3. The fraction of sp³-hybridized carbons (Fsp3) is 0.591. The van der Waals surface area contributed by atoms with Gasteiger partial charge in [-0.05, 0) is 30.7 Å². The van der Waals surface area contributed by atoms with Crippen LogP contribution in [0.1, 0.15) is 50.5 Å². The molecule has 1 amide bonds. The van der Waals surface area contributed by atoms with Crippen molar-refractivity contribution in [3.05, 3.63) is 35.9 Å². The summed E-state index contributed by atoms with van der Waals surface area (Å²) in [5, 5.41) is 13.1. The molecule has 0 heterocycles. The van der Waals surface area contributed by atoms with Crippen LogP contribution < -0.4 is 5.32 Å². The molecule has 1 aliphatic rings. The van der Waals surface area contributed by atoms with E-state index in [0.29, 0.717) is 19.3 Å². The summed E-state index contributed by atoms with van der Waals surface area (Å²) in [7, 11) is 1.38. The molecule has 1 fully saturated rings. The normalized spacial score (nSPS) is 22.6. The zero-order valence-corrected chi connectivity index (χ0v) is 22.2. The quantitative estimate of drug-likeness (QED) is 0.221. The van der Waals surface area contributed by atoms with Gasteiger partial charge < -0.3 is 24.7 Å². The van der Waals surface area contributed by atoms with Crippen LogP contribution in [0.15, 0.2) is 30.3 Å². The number of unbranched alkanes of at least 4 members (excludes halogenated alkanes) is 3. The summed E-state index contributed by atoms with van der Waals surface area (Å²) in [6.45, 7) is 0.155. The SMILES string of the molecule is COC(=O)CCCCCC[C@@H]1[C@@H](C=O)[C@H](NC(=O)OCc2ccccc2)C[C@@H]1O.[Ac]. The van der Waals surface area contributed by atoms with Crippen LogP contribution in [0.5, 0.6) is 0 Å². The molecule has 1 saturated carbocycles. The molecule has 2 N–H and O–H groups in total. The number of methoxy groups -OCH3 is 1. The van der Waals surface area contributed by atoms with E-state index in [1.807, 2.05) is 30.3 Å². The number of aldehydes is 1. The Morgan fingerprint density at radius 3 is 2.53 bits per heavy atom. The topological polar surface area (TPSA) is 102 Å². The zero-order valence-electron chi connectivity index (χ0n) is 17.5. The molecule has 0 bridgehead atoms. The Labute approximate surface area is 213 Å². The van der Waals surface area contributed by atoms with E-state index in [9.17, 15) is 19.5 Å². The monoisotopic (exact) mass is 632 g/mol. The van der Waals surface area contributed by atoms with E-state index in [1.165, 1.54) is 7.11 Å². The first-order valence-corrected chi connectivity index (χ1v) is 10.2. The first-order chi connectivity index (χ1) is 14.0. The molecule has 0 aliphatic heterocycles. The summed E-state index contributed by atoms with van der Waals surface area (Å²) >= 11 is 0. The standard InChI is InChI=1S/C22H31NO6.Ac/c1-28-21(26)12-8-3-2-7-11-17-18(14-24)19(13-20(17)25)23-22(27)29-15-16-9-5-4-6-10-16;/h4-6,9-10,14,17-20,25H,2-3,7-8,11-13,15H2,1H3,(H,23,27);/t17-,18-,19-,20+;/m1./s1. The summed E-state index contributed by atoms with van der Waals surface area (Å²) in [6.07, 6.45) is 4.54. The average molecular weight is 632 g/mol. The second-order valence-electron chi connectivity index (χ2n) is 7.52. The van der Waals surface area contributed by atoms with E-state index in [2.05, 4.69) is 10.1 Å². The minimum atomic E-state index is -0.625. The molecule has 1 aliphatic carbocycles. The Morgan fingerprint density at radius 1 is 1.17 bits per heavy atom. The molecule has 30 heavy (non-hydrogen) atoms. The van der Waals surface area contributed by atoms with E-state index < -0.39 is 24.2 Å². The Balaban J connectivity index is 0.00000450. The fourth-order valence-electron chi connectivity index (χ4n) is 3.90. The van der Waals surface area contributed by atoms with Crippen molar-refractivity contribution in [3.63, 3.8) is 0 Å². The molecule has 1 aromatic carbocycles. The number of aliphatic hydroxyl groups is 1. The number of amides is 1. The number of ether oxygens (including phenoxy) is 2. The van der Waals surface area contributed by atoms with Crippen molar-refractivity contribution in [2.75, 3.05) is 7.11 Å². The molecule has 4 atom stereocenters. The third-order valence-electron chi connectivity index (χ3n) is 5.52. The first-order valence-electron chi connectivity index (χ1n) is 10.2. The van der Waals surface area contributed by atoms with Gasteiger partial charge in [0.25, 0.3) is 0 Å². The molecule has 2 rings (SSSR count). The summed E-state index contributed by atoms with van der Waals surface area (Å²) in [6, 6.07) is 8.93. The molecule has 0 spiro atoms. The van der Waals surface area contributed by atoms with Crippen LogP contribution in [0.25, 0.3) is 0 Å². The van der Waals surface area contributed by atoms with Crippen molar-refractivity contribution >= 4 is 18.3 Å². The minimum absolute atomic E-state index is 0. The largest absolute Gasteiger partial charge is 0.469 e. The number of alkyl carbamates (subject to hydrolysis) is 1. The van der Waals surface area contributed by atoms with Crippen LogP contribution in [0.4, 0.5) is 4.79 Å². The van der Waals surface area contributed by atoms with Crippen LogP contribution in [0.3, 0.4) is 0 Å². The van der Waals surface area contributed by atoms with Gasteiger partial charge in [-0.25, -0.2) is 4.79 Å². The first kappa shape index (κ1) is 27.1. The van der Waals surface area contributed by atoms with E-state index in [-0.39, 0.29) is 62.6 Å². The number of aliphatic hydroxyl groups excluding tert-OH is 1. The van der Waals surface area contributed by atoms with Gasteiger partial charge in [0.1, 0.15) is 12.9 Å². The van der Waals surface area contributed by atoms with Gasteiger partial charge in [-0.1, -0.05) is 49.6 Å². The van der Waals surface area contributed by atoms with E-state index in [4.69, 9.17) is 4.74 Å². The third-order valence-corrected chi connectivity index (χ3v) is 5.52. The Bertz CT molecular complexity index is 656. The molecule has 8 heteroatoms.